The number of hydrogen-bond donors (Lipinski definition) is 1. The van der Waals surface area contributed by atoms with Gasteiger partial charge in [-0.1, -0.05) is 48.5 Å². The molecule has 0 bridgehead atoms. The molecule has 33 heavy (non-hydrogen) atoms. The van der Waals surface area contributed by atoms with Gasteiger partial charge >= 0.3 is 0 Å². The Morgan fingerprint density at radius 3 is 2.33 bits per heavy atom. The highest BCUT2D eigenvalue weighted by Gasteiger charge is 2.28. The highest BCUT2D eigenvalue weighted by molar-refractivity contribution is 6.42. The monoisotopic (exact) mass is 492 g/mol. The van der Waals surface area contributed by atoms with Gasteiger partial charge in [0, 0.05) is 12.6 Å². The van der Waals surface area contributed by atoms with Crippen LogP contribution in [-0.2, 0) is 16.1 Å². The Kier molecular flexibility index (Phi) is 9.27. The van der Waals surface area contributed by atoms with Crippen LogP contribution >= 0.6 is 23.2 Å². The van der Waals surface area contributed by atoms with E-state index in [1.54, 1.807) is 56.5 Å². The molecular formula is C25H30Cl2N2O4. The fourth-order valence-corrected chi connectivity index (χ4v) is 4.21. The summed E-state index contributed by atoms with van der Waals surface area (Å²) >= 11 is 12.2. The molecule has 1 N–H and O–H groups in total. The van der Waals surface area contributed by atoms with Gasteiger partial charge in [0.1, 0.15) is 17.5 Å². The first-order valence-corrected chi connectivity index (χ1v) is 11.9. The molecule has 1 aliphatic rings. The molecule has 1 fully saturated rings. The van der Waals surface area contributed by atoms with Crippen LogP contribution in [0.5, 0.6) is 11.5 Å². The standard InChI is InChI=1S/C25H30Cl2N2O4/c1-17(25(31)28-19-6-4-3-5-7-19)29(15-18-8-13-22(26)23(27)14-18)24(30)16-33-21-11-9-20(32-2)10-12-21/h8-14,17,19H,3-7,15-16H2,1-2H3,(H,28,31)/t17-/m0/s1. The van der Waals surface area contributed by atoms with Crippen molar-refractivity contribution in [2.24, 2.45) is 0 Å². The summed E-state index contributed by atoms with van der Waals surface area (Å²) in [6, 6.07) is 11.7. The molecule has 0 saturated heterocycles. The number of rotatable bonds is 9. The molecule has 1 atom stereocenters. The van der Waals surface area contributed by atoms with Crippen molar-refractivity contribution >= 4 is 35.0 Å². The molecule has 0 unspecified atom stereocenters. The van der Waals surface area contributed by atoms with Crippen molar-refractivity contribution in [3.8, 4) is 11.5 Å². The number of carbonyl (C=O) groups excluding carboxylic acids is 2. The minimum atomic E-state index is -0.673. The Bertz CT molecular complexity index is 946. The van der Waals surface area contributed by atoms with Gasteiger partial charge in [0.25, 0.3) is 5.91 Å². The normalized spacial score (nSPS) is 14.9. The molecule has 2 amide bonds. The topological polar surface area (TPSA) is 67.9 Å². The number of amides is 2. The number of benzene rings is 2. The van der Waals surface area contributed by atoms with Crippen LogP contribution in [0, 0.1) is 0 Å². The Morgan fingerprint density at radius 1 is 1.03 bits per heavy atom. The molecule has 2 aromatic carbocycles. The zero-order valence-corrected chi connectivity index (χ0v) is 20.5. The van der Waals surface area contributed by atoms with E-state index in [9.17, 15) is 9.59 Å². The molecule has 0 radical (unpaired) electrons. The van der Waals surface area contributed by atoms with Crippen LogP contribution in [0.25, 0.3) is 0 Å². The third-order valence-corrected chi connectivity index (χ3v) is 6.62. The van der Waals surface area contributed by atoms with Crippen molar-refractivity contribution in [2.75, 3.05) is 13.7 Å². The van der Waals surface area contributed by atoms with Crippen molar-refractivity contribution in [1.29, 1.82) is 0 Å². The van der Waals surface area contributed by atoms with E-state index in [0.717, 1.165) is 31.2 Å². The number of methoxy groups -OCH3 is 1. The number of nitrogens with one attached hydrogen (secondary N) is 1. The first-order valence-electron chi connectivity index (χ1n) is 11.2. The number of halogens is 2. The summed E-state index contributed by atoms with van der Waals surface area (Å²) in [5.41, 5.74) is 0.777. The van der Waals surface area contributed by atoms with Gasteiger partial charge in [-0.2, -0.15) is 0 Å². The maximum Gasteiger partial charge on any atom is 0.261 e. The second-order valence-electron chi connectivity index (χ2n) is 8.25. The van der Waals surface area contributed by atoms with Crippen LogP contribution in [0.3, 0.4) is 0 Å². The zero-order valence-electron chi connectivity index (χ0n) is 19.0. The SMILES string of the molecule is COc1ccc(OCC(=O)N(Cc2ccc(Cl)c(Cl)c2)[C@@H](C)C(=O)NC2CCCCC2)cc1. The van der Waals surface area contributed by atoms with Crippen molar-refractivity contribution in [3.05, 3.63) is 58.1 Å². The Hall–Kier alpha value is -2.44. The molecule has 1 saturated carbocycles. The Balaban J connectivity index is 1.71. The quantitative estimate of drug-likeness (QED) is 0.519. The molecule has 8 heteroatoms. The summed E-state index contributed by atoms with van der Waals surface area (Å²) in [5, 5.41) is 3.94. The van der Waals surface area contributed by atoms with Crippen molar-refractivity contribution in [1.82, 2.24) is 10.2 Å². The largest absolute Gasteiger partial charge is 0.497 e. The minimum Gasteiger partial charge on any atom is -0.497 e. The summed E-state index contributed by atoms with van der Waals surface area (Å²) < 4.78 is 10.8. The van der Waals surface area contributed by atoms with Crippen LogP contribution < -0.4 is 14.8 Å². The molecule has 1 aliphatic carbocycles. The second-order valence-corrected chi connectivity index (χ2v) is 9.07. The van der Waals surface area contributed by atoms with Crippen LogP contribution in [-0.4, -0.2) is 42.5 Å². The first kappa shape index (κ1) is 25.2. The summed E-state index contributed by atoms with van der Waals surface area (Å²) in [5.74, 6) is 0.767. The van der Waals surface area contributed by atoms with E-state index in [1.165, 1.54) is 11.3 Å². The van der Waals surface area contributed by atoms with Gasteiger partial charge in [-0.05, 0) is 61.7 Å². The van der Waals surface area contributed by atoms with E-state index < -0.39 is 6.04 Å². The van der Waals surface area contributed by atoms with Crippen LogP contribution in [0.1, 0.15) is 44.6 Å². The van der Waals surface area contributed by atoms with Crippen LogP contribution in [0.15, 0.2) is 42.5 Å². The summed E-state index contributed by atoms with van der Waals surface area (Å²) in [6.45, 7) is 1.75. The number of hydrogen-bond acceptors (Lipinski definition) is 4. The first-order chi connectivity index (χ1) is 15.9. The lowest BCUT2D eigenvalue weighted by Crippen LogP contribution is -2.51. The highest BCUT2D eigenvalue weighted by atomic mass is 35.5. The summed E-state index contributed by atoms with van der Waals surface area (Å²) in [4.78, 5) is 27.7. The van der Waals surface area contributed by atoms with Crippen LogP contribution in [0.2, 0.25) is 10.0 Å². The third kappa shape index (κ3) is 7.27. The molecule has 0 spiro atoms. The third-order valence-electron chi connectivity index (χ3n) is 5.88. The van der Waals surface area contributed by atoms with Gasteiger partial charge in [0.2, 0.25) is 5.91 Å². The van der Waals surface area contributed by atoms with Gasteiger partial charge < -0.3 is 19.7 Å². The van der Waals surface area contributed by atoms with E-state index in [4.69, 9.17) is 32.7 Å². The smallest absolute Gasteiger partial charge is 0.261 e. The van der Waals surface area contributed by atoms with E-state index in [2.05, 4.69) is 5.32 Å². The van der Waals surface area contributed by atoms with Crippen molar-refractivity contribution in [2.45, 2.75) is 57.7 Å². The van der Waals surface area contributed by atoms with Crippen LogP contribution in [0.4, 0.5) is 0 Å². The molecule has 0 aliphatic heterocycles. The molecule has 0 heterocycles. The lowest BCUT2D eigenvalue weighted by molar-refractivity contribution is -0.142. The molecule has 3 rings (SSSR count). The summed E-state index contributed by atoms with van der Waals surface area (Å²) in [6.07, 6.45) is 5.37. The number of ether oxygens (including phenoxy) is 2. The Labute approximate surface area is 205 Å². The van der Waals surface area contributed by atoms with E-state index in [-0.39, 0.29) is 31.0 Å². The number of nitrogens with zero attached hydrogens (tertiary/aromatic N) is 1. The zero-order chi connectivity index (χ0) is 23.8. The molecule has 0 aromatic heterocycles. The van der Waals surface area contributed by atoms with Gasteiger partial charge in [0.05, 0.1) is 17.2 Å². The molecule has 2 aromatic rings. The average molecular weight is 493 g/mol. The lowest BCUT2D eigenvalue weighted by atomic mass is 9.95. The highest BCUT2D eigenvalue weighted by Crippen LogP contribution is 2.24. The van der Waals surface area contributed by atoms with Gasteiger partial charge in [-0.3, -0.25) is 9.59 Å². The maximum absolute atomic E-state index is 13.2. The average Bonchev–Trinajstić information content (AvgIpc) is 2.83. The fourth-order valence-electron chi connectivity index (χ4n) is 3.89. The molecular weight excluding hydrogens is 463 g/mol. The van der Waals surface area contributed by atoms with Gasteiger partial charge in [-0.25, -0.2) is 0 Å². The molecule has 178 valence electrons. The second kappa shape index (κ2) is 12.1. The van der Waals surface area contributed by atoms with E-state index >= 15 is 0 Å². The fraction of sp³-hybridized carbons (Fsp3) is 0.440. The predicted molar refractivity (Wildman–Crippen MR) is 130 cm³/mol. The van der Waals surface area contributed by atoms with Gasteiger partial charge in [-0.15, -0.1) is 0 Å². The van der Waals surface area contributed by atoms with Crippen molar-refractivity contribution in [3.63, 3.8) is 0 Å². The van der Waals surface area contributed by atoms with Crippen molar-refractivity contribution < 1.29 is 19.1 Å². The lowest BCUT2D eigenvalue weighted by Gasteiger charge is -2.31. The maximum atomic E-state index is 13.2. The summed E-state index contributed by atoms with van der Waals surface area (Å²) in [7, 11) is 1.58. The minimum absolute atomic E-state index is 0.158. The Morgan fingerprint density at radius 2 is 1.70 bits per heavy atom. The van der Waals surface area contributed by atoms with E-state index in [1.807, 2.05) is 0 Å². The number of carbonyl (C=O) groups is 2. The van der Waals surface area contributed by atoms with E-state index in [0.29, 0.717) is 21.5 Å². The molecule has 6 nitrogen and oxygen atoms in total. The van der Waals surface area contributed by atoms with Gasteiger partial charge in [0.15, 0.2) is 6.61 Å². The predicted octanol–water partition coefficient (Wildman–Crippen LogP) is 5.25.